The summed E-state index contributed by atoms with van der Waals surface area (Å²) < 4.78 is 2.15. The summed E-state index contributed by atoms with van der Waals surface area (Å²) in [6.45, 7) is 0. The molecular formula is C64H40N4. The van der Waals surface area contributed by atoms with Gasteiger partial charge in [0.25, 0.3) is 0 Å². The van der Waals surface area contributed by atoms with E-state index in [-0.39, 0.29) is 0 Å². The molecular weight excluding hydrogens is 825 g/mol. The molecule has 4 nitrogen and oxygen atoms in total. The molecule has 0 unspecified atom stereocenters. The third-order valence-electron chi connectivity index (χ3n) is 14.2. The van der Waals surface area contributed by atoms with Crippen molar-refractivity contribution in [3.05, 3.63) is 265 Å². The van der Waals surface area contributed by atoms with Crippen molar-refractivity contribution in [3.8, 4) is 89.8 Å². The molecule has 68 heavy (non-hydrogen) atoms. The van der Waals surface area contributed by atoms with Crippen LogP contribution in [-0.2, 0) is 5.41 Å². The van der Waals surface area contributed by atoms with Crippen LogP contribution in [0.4, 0.5) is 0 Å². The molecule has 9 aromatic carbocycles. The first kappa shape index (κ1) is 38.3. The number of hydrogen-bond donors (Lipinski definition) is 0. The molecule has 0 fully saturated rings. The molecule has 0 N–H and O–H groups in total. The van der Waals surface area contributed by atoms with Crippen LogP contribution in [0.15, 0.2) is 243 Å². The van der Waals surface area contributed by atoms with Crippen LogP contribution in [0.3, 0.4) is 0 Å². The van der Waals surface area contributed by atoms with Crippen molar-refractivity contribution in [1.82, 2.24) is 19.6 Å². The molecule has 12 aromatic rings. The highest BCUT2D eigenvalue weighted by molar-refractivity contribution is 6.09. The average Bonchev–Trinajstić information content (AvgIpc) is 4.07. The minimum Gasteiger partial charge on any atom is -0.231 e. The Morgan fingerprint density at radius 1 is 0.338 bits per heavy atom. The minimum atomic E-state index is -0.460. The van der Waals surface area contributed by atoms with Gasteiger partial charge in [0.1, 0.15) is 5.69 Å². The summed E-state index contributed by atoms with van der Waals surface area (Å²) in [5, 5.41) is 7.87. The second-order valence-corrected chi connectivity index (χ2v) is 17.9. The second-order valence-electron chi connectivity index (χ2n) is 17.9. The zero-order valence-electron chi connectivity index (χ0n) is 36.9. The normalized spacial score (nSPS) is 12.8. The summed E-state index contributed by atoms with van der Waals surface area (Å²) in [7, 11) is 0. The second kappa shape index (κ2) is 15.0. The fraction of sp³-hybridized carbons (Fsp3) is 0.0156. The Balaban J connectivity index is 0.978. The van der Waals surface area contributed by atoms with Crippen molar-refractivity contribution in [3.63, 3.8) is 0 Å². The predicted octanol–water partition coefficient (Wildman–Crippen LogP) is 15.6. The largest absolute Gasteiger partial charge is 0.231 e. The number of nitrogens with zero attached hydrogens (tertiary/aromatic N) is 4. The number of aromatic nitrogens is 4. The Hall–Kier alpha value is -8.99. The number of pyridine rings is 1. The molecule has 0 amide bonds. The number of benzene rings is 9. The van der Waals surface area contributed by atoms with E-state index in [2.05, 4.69) is 241 Å². The van der Waals surface area contributed by atoms with Gasteiger partial charge in [0.2, 0.25) is 0 Å². The Morgan fingerprint density at radius 3 is 1.49 bits per heavy atom. The third-order valence-corrected chi connectivity index (χ3v) is 14.2. The Kier molecular flexibility index (Phi) is 8.46. The van der Waals surface area contributed by atoms with Crippen LogP contribution in [-0.4, -0.2) is 19.6 Å². The van der Waals surface area contributed by atoms with Gasteiger partial charge in [-0.2, -0.15) is 5.10 Å². The first-order chi connectivity index (χ1) is 33.7. The quantitative estimate of drug-likeness (QED) is 0.167. The van der Waals surface area contributed by atoms with Crippen molar-refractivity contribution < 1.29 is 0 Å². The Morgan fingerprint density at radius 2 is 0.838 bits per heavy atom. The topological polar surface area (TPSA) is 43.1 Å². The third kappa shape index (κ3) is 5.64. The molecule has 3 aromatic heterocycles. The fourth-order valence-corrected chi connectivity index (χ4v) is 11.3. The maximum absolute atomic E-state index is 5.55. The summed E-state index contributed by atoms with van der Waals surface area (Å²) in [5.74, 6) is 0.676. The molecule has 4 heteroatoms. The van der Waals surface area contributed by atoms with Gasteiger partial charge < -0.3 is 0 Å². The van der Waals surface area contributed by atoms with Gasteiger partial charge in [-0.3, -0.25) is 0 Å². The van der Waals surface area contributed by atoms with E-state index in [4.69, 9.17) is 15.1 Å². The van der Waals surface area contributed by atoms with E-state index in [1.165, 1.54) is 49.9 Å². The van der Waals surface area contributed by atoms with Crippen LogP contribution in [0.25, 0.3) is 106 Å². The zero-order chi connectivity index (χ0) is 44.8. The number of fused-ring (bicyclic) bond motifs is 13. The lowest BCUT2D eigenvalue weighted by atomic mass is 9.70. The summed E-state index contributed by atoms with van der Waals surface area (Å²) >= 11 is 0. The van der Waals surface area contributed by atoms with Crippen LogP contribution < -0.4 is 0 Å². The molecule has 316 valence electrons. The van der Waals surface area contributed by atoms with Crippen molar-refractivity contribution in [2.45, 2.75) is 5.41 Å². The lowest BCUT2D eigenvalue weighted by molar-refractivity contribution is 0.794. The molecule has 0 bridgehead atoms. The zero-order valence-corrected chi connectivity index (χ0v) is 36.9. The first-order valence-corrected chi connectivity index (χ1v) is 23.3. The highest BCUT2D eigenvalue weighted by Crippen LogP contribution is 2.63. The smallest absolute Gasteiger partial charge is 0.160 e. The standard InChI is InChI=1S/C64H40N4/c1-4-19-41(20-5-1)59-39-44-25-10-11-28-48(44)62-60(42-21-6-2-7-22-42)61(67-68(59)62)47-27-18-26-45(37-47)57-40-58(66-63(65-57)43-23-8-3-9-24-43)46-35-36-52-51-31-14-17-34-55(51)64(56(52)38-46)53-32-15-12-29-49(53)50-30-13-16-33-54(50)64/h1-40H. The van der Waals surface area contributed by atoms with Gasteiger partial charge in [-0.05, 0) is 79.7 Å². The van der Waals surface area contributed by atoms with E-state index < -0.39 is 5.41 Å². The van der Waals surface area contributed by atoms with Crippen LogP contribution in [0.2, 0.25) is 0 Å². The van der Waals surface area contributed by atoms with Crippen LogP contribution in [0.5, 0.6) is 0 Å². The van der Waals surface area contributed by atoms with Crippen molar-refractivity contribution in [2.24, 2.45) is 0 Å². The van der Waals surface area contributed by atoms with Crippen molar-refractivity contribution >= 4 is 16.3 Å². The molecule has 2 aliphatic carbocycles. The molecule has 0 atom stereocenters. The van der Waals surface area contributed by atoms with Gasteiger partial charge in [-0.1, -0.05) is 218 Å². The lowest BCUT2D eigenvalue weighted by Gasteiger charge is -2.30. The van der Waals surface area contributed by atoms with Crippen molar-refractivity contribution in [1.29, 1.82) is 0 Å². The number of hydrogen-bond acceptors (Lipinski definition) is 3. The van der Waals surface area contributed by atoms with Gasteiger partial charge in [0.15, 0.2) is 5.82 Å². The summed E-state index contributed by atoms with van der Waals surface area (Å²) in [5.41, 5.74) is 21.9. The fourth-order valence-electron chi connectivity index (χ4n) is 11.3. The summed E-state index contributed by atoms with van der Waals surface area (Å²) in [4.78, 5) is 10.7. The van der Waals surface area contributed by atoms with Crippen LogP contribution in [0.1, 0.15) is 22.3 Å². The summed E-state index contributed by atoms with van der Waals surface area (Å²) in [6.07, 6.45) is 0. The molecule has 0 saturated heterocycles. The highest BCUT2D eigenvalue weighted by atomic mass is 15.2. The van der Waals surface area contributed by atoms with Crippen LogP contribution in [0, 0.1) is 0 Å². The average molecular weight is 865 g/mol. The molecule has 0 saturated carbocycles. The maximum atomic E-state index is 5.55. The first-order valence-electron chi connectivity index (χ1n) is 23.3. The molecule has 14 rings (SSSR count). The Bertz CT molecular complexity index is 3900. The molecule has 0 radical (unpaired) electrons. The van der Waals surface area contributed by atoms with Gasteiger partial charge >= 0.3 is 0 Å². The van der Waals surface area contributed by atoms with Crippen LogP contribution >= 0.6 is 0 Å². The van der Waals surface area contributed by atoms with Gasteiger partial charge in [-0.15, -0.1) is 0 Å². The Labute approximate surface area is 394 Å². The van der Waals surface area contributed by atoms with Crippen molar-refractivity contribution in [2.75, 3.05) is 0 Å². The molecule has 0 aliphatic heterocycles. The highest BCUT2D eigenvalue weighted by Gasteiger charge is 2.51. The molecule has 1 spiro atoms. The van der Waals surface area contributed by atoms with Gasteiger partial charge in [0.05, 0.1) is 28.0 Å². The van der Waals surface area contributed by atoms with Gasteiger partial charge in [-0.25, -0.2) is 14.5 Å². The lowest BCUT2D eigenvalue weighted by Crippen LogP contribution is -2.25. The van der Waals surface area contributed by atoms with E-state index in [9.17, 15) is 0 Å². The van der Waals surface area contributed by atoms with E-state index in [0.29, 0.717) is 5.82 Å². The van der Waals surface area contributed by atoms with E-state index >= 15 is 0 Å². The van der Waals surface area contributed by atoms with E-state index in [1.54, 1.807) is 0 Å². The van der Waals surface area contributed by atoms with Gasteiger partial charge in [0, 0.05) is 38.8 Å². The monoisotopic (exact) mass is 864 g/mol. The minimum absolute atomic E-state index is 0.460. The summed E-state index contributed by atoms with van der Waals surface area (Å²) in [6, 6.07) is 87.2. The van der Waals surface area contributed by atoms with E-state index in [0.717, 1.165) is 72.6 Å². The SMILES string of the molecule is c1ccc(-c2nc(-c3cccc(-c4nn5c(-c6ccccc6)cc6ccccc6c5c4-c4ccccc4)c3)cc(-c3ccc4c(c3)C3(c5ccccc5-c5ccccc53)c3ccccc3-4)n2)cc1. The maximum Gasteiger partial charge on any atom is 0.160 e. The molecule has 2 aliphatic rings. The number of rotatable bonds is 6. The predicted molar refractivity (Wildman–Crippen MR) is 277 cm³/mol. The van der Waals surface area contributed by atoms with E-state index in [1.807, 2.05) is 6.07 Å². The molecule has 3 heterocycles.